The van der Waals surface area contributed by atoms with Gasteiger partial charge in [-0.3, -0.25) is 0 Å². The first-order valence-corrected chi connectivity index (χ1v) is 7.39. The predicted octanol–water partition coefficient (Wildman–Crippen LogP) is 3.28. The van der Waals surface area contributed by atoms with Crippen molar-refractivity contribution in [1.82, 2.24) is 19.9 Å². The minimum atomic E-state index is 0.556. The molecule has 0 atom stereocenters. The summed E-state index contributed by atoms with van der Waals surface area (Å²) in [4.78, 5) is 19.8. The lowest BCUT2D eigenvalue weighted by Crippen LogP contribution is -2.04. The molecule has 0 fully saturated rings. The molecular weight excluding hydrogens is 270 g/mol. The van der Waals surface area contributed by atoms with Crippen molar-refractivity contribution in [3.8, 4) is 11.6 Å². The average molecular weight is 285 g/mol. The lowest BCUT2D eigenvalue weighted by Gasteiger charge is -2.07. The van der Waals surface area contributed by atoms with E-state index in [0.717, 1.165) is 29.0 Å². The Kier molecular flexibility index (Phi) is 3.56. The Hall–Kier alpha value is -2.08. The number of anilines is 1. The van der Waals surface area contributed by atoms with Crippen molar-refractivity contribution in [2.45, 2.75) is 20.3 Å². The second-order valence-electron chi connectivity index (χ2n) is 4.47. The van der Waals surface area contributed by atoms with E-state index >= 15 is 0 Å². The van der Waals surface area contributed by atoms with Crippen LogP contribution in [0.25, 0.3) is 21.9 Å². The summed E-state index contributed by atoms with van der Waals surface area (Å²) in [6, 6.07) is 3.90. The van der Waals surface area contributed by atoms with Crippen LogP contribution in [0.4, 0.5) is 5.82 Å². The number of hydrogen-bond acceptors (Lipinski definition) is 6. The molecule has 1 N–H and O–H groups in total. The molecule has 0 saturated heterocycles. The first-order chi connectivity index (χ1) is 9.78. The molecule has 3 heterocycles. The topological polar surface area (TPSA) is 63.6 Å². The molecule has 3 aromatic rings. The van der Waals surface area contributed by atoms with Crippen molar-refractivity contribution in [3.05, 3.63) is 29.4 Å². The quantitative estimate of drug-likeness (QED) is 0.797. The first kappa shape index (κ1) is 12.9. The second-order valence-corrected chi connectivity index (χ2v) is 5.71. The number of thiophene rings is 1. The van der Waals surface area contributed by atoms with E-state index in [1.165, 1.54) is 4.88 Å². The number of nitrogens with zero attached hydrogens (tertiary/aromatic N) is 4. The lowest BCUT2D eigenvalue weighted by molar-refractivity contribution is 0.968. The maximum atomic E-state index is 4.58. The predicted molar refractivity (Wildman–Crippen MR) is 82.0 cm³/mol. The molecule has 0 bridgehead atoms. The number of rotatable bonds is 4. The summed E-state index contributed by atoms with van der Waals surface area (Å²) in [5, 5.41) is 4.43. The van der Waals surface area contributed by atoms with Gasteiger partial charge in [0.25, 0.3) is 0 Å². The number of hydrogen-bond donors (Lipinski definition) is 1. The van der Waals surface area contributed by atoms with Gasteiger partial charge in [0.2, 0.25) is 5.82 Å². The molecule has 0 saturated carbocycles. The number of aryl methyl sites for hydroxylation is 1. The van der Waals surface area contributed by atoms with E-state index in [1.54, 1.807) is 29.8 Å². The van der Waals surface area contributed by atoms with Gasteiger partial charge in [-0.1, -0.05) is 6.92 Å². The molecule has 20 heavy (non-hydrogen) atoms. The van der Waals surface area contributed by atoms with Gasteiger partial charge in [0.1, 0.15) is 10.6 Å². The van der Waals surface area contributed by atoms with Gasteiger partial charge in [0.15, 0.2) is 5.82 Å². The normalized spacial score (nSPS) is 10.9. The second kappa shape index (κ2) is 5.50. The van der Waals surface area contributed by atoms with Gasteiger partial charge < -0.3 is 5.32 Å². The van der Waals surface area contributed by atoms with Crippen LogP contribution < -0.4 is 5.32 Å². The molecule has 0 unspecified atom stereocenters. The molecule has 0 aliphatic rings. The van der Waals surface area contributed by atoms with Gasteiger partial charge in [-0.25, -0.2) is 19.9 Å². The highest BCUT2D eigenvalue weighted by molar-refractivity contribution is 7.18. The first-order valence-electron chi connectivity index (χ1n) is 6.57. The minimum absolute atomic E-state index is 0.556. The van der Waals surface area contributed by atoms with Gasteiger partial charge >= 0.3 is 0 Å². The molecule has 0 radical (unpaired) electrons. The molecule has 3 rings (SSSR count). The highest BCUT2D eigenvalue weighted by Gasteiger charge is 2.12. The zero-order chi connectivity index (χ0) is 13.9. The fraction of sp³-hybridized carbons (Fsp3) is 0.286. The van der Waals surface area contributed by atoms with E-state index in [0.29, 0.717) is 11.6 Å². The smallest absolute Gasteiger partial charge is 0.201 e. The van der Waals surface area contributed by atoms with Crippen LogP contribution in [0.15, 0.2) is 24.5 Å². The van der Waals surface area contributed by atoms with Crippen LogP contribution in [0.1, 0.15) is 18.2 Å². The van der Waals surface area contributed by atoms with E-state index in [-0.39, 0.29) is 0 Å². The monoisotopic (exact) mass is 285 g/mol. The maximum Gasteiger partial charge on any atom is 0.201 e. The number of fused-ring (bicyclic) bond motifs is 1. The summed E-state index contributed by atoms with van der Waals surface area (Å²) in [5.74, 6) is 1.99. The average Bonchev–Trinajstić information content (AvgIpc) is 2.86. The SMILES string of the molecule is CCCNc1nc(-c2ncccn2)nc2sc(C)cc12. The summed E-state index contributed by atoms with van der Waals surface area (Å²) >= 11 is 1.66. The van der Waals surface area contributed by atoms with Gasteiger partial charge in [0.05, 0.1) is 5.39 Å². The molecule has 102 valence electrons. The third-order valence-corrected chi connectivity index (χ3v) is 3.77. The Bertz CT molecular complexity index is 723. The van der Waals surface area contributed by atoms with Gasteiger partial charge in [0, 0.05) is 23.8 Å². The molecule has 0 aromatic carbocycles. The third-order valence-electron chi connectivity index (χ3n) is 2.82. The Morgan fingerprint density at radius 1 is 1.15 bits per heavy atom. The molecule has 6 heteroatoms. The van der Waals surface area contributed by atoms with Crippen LogP contribution >= 0.6 is 11.3 Å². The van der Waals surface area contributed by atoms with E-state index in [2.05, 4.69) is 45.2 Å². The Morgan fingerprint density at radius 2 is 1.95 bits per heavy atom. The zero-order valence-electron chi connectivity index (χ0n) is 11.4. The Morgan fingerprint density at radius 3 is 2.70 bits per heavy atom. The van der Waals surface area contributed by atoms with Crippen molar-refractivity contribution in [3.63, 3.8) is 0 Å². The minimum Gasteiger partial charge on any atom is -0.369 e. The summed E-state index contributed by atoms with van der Waals surface area (Å²) in [5.41, 5.74) is 0. The van der Waals surface area contributed by atoms with Crippen molar-refractivity contribution < 1.29 is 0 Å². The van der Waals surface area contributed by atoms with Crippen LogP contribution in [-0.2, 0) is 0 Å². The number of aromatic nitrogens is 4. The maximum absolute atomic E-state index is 4.58. The fourth-order valence-electron chi connectivity index (χ4n) is 1.93. The van der Waals surface area contributed by atoms with Gasteiger partial charge in [-0.2, -0.15) is 0 Å². The Labute approximate surface area is 121 Å². The molecular formula is C14H15N5S. The highest BCUT2D eigenvalue weighted by atomic mass is 32.1. The van der Waals surface area contributed by atoms with Gasteiger partial charge in [-0.05, 0) is 25.5 Å². The van der Waals surface area contributed by atoms with E-state index in [4.69, 9.17) is 0 Å². The molecule has 5 nitrogen and oxygen atoms in total. The summed E-state index contributed by atoms with van der Waals surface area (Å²) in [6.07, 6.45) is 4.45. The molecule has 0 spiro atoms. The fourth-order valence-corrected chi connectivity index (χ4v) is 2.81. The van der Waals surface area contributed by atoms with Crippen molar-refractivity contribution in [2.75, 3.05) is 11.9 Å². The standard InChI is InChI=1S/C14H15N5S/c1-3-5-15-11-10-8-9(2)20-14(10)19-13(18-11)12-16-6-4-7-17-12/h4,6-8H,3,5H2,1-2H3,(H,15,18,19). The highest BCUT2D eigenvalue weighted by Crippen LogP contribution is 2.30. The Balaban J connectivity index is 2.14. The van der Waals surface area contributed by atoms with Gasteiger partial charge in [-0.15, -0.1) is 11.3 Å². The van der Waals surface area contributed by atoms with E-state index in [9.17, 15) is 0 Å². The van der Waals surface area contributed by atoms with Crippen LogP contribution in [0.5, 0.6) is 0 Å². The van der Waals surface area contributed by atoms with Crippen LogP contribution in [-0.4, -0.2) is 26.5 Å². The van der Waals surface area contributed by atoms with E-state index in [1.807, 2.05) is 0 Å². The molecule has 3 aromatic heterocycles. The van der Waals surface area contributed by atoms with E-state index < -0.39 is 0 Å². The molecule has 0 aliphatic carbocycles. The lowest BCUT2D eigenvalue weighted by atomic mass is 10.3. The number of nitrogens with one attached hydrogen (secondary N) is 1. The summed E-state index contributed by atoms with van der Waals surface area (Å²) < 4.78 is 0. The largest absolute Gasteiger partial charge is 0.369 e. The third kappa shape index (κ3) is 2.46. The summed E-state index contributed by atoms with van der Waals surface area (Å²) in [7, 11) is 0. The molecule has 0 amide bonds. The van der Waals surface area contributed by atoms with Crippen molar-refractivity contribution >= 4 is 27.4 Å². The van der Waals surface area contributed by atoms with Crippen LogP contribution in [0, 0.1) is 6.92 Å². The van der Waals surface area contributed by atoms with Crippen molar-refractivity contribution in [2.24, 2.45) is 0 Å². The van der Waals surface area contributed by atoms with Crippen molar-refractivity contribution in [1.29, 1.82) is 0 Å². The summed E-state index contributed by atoms with van der Waals surface area (Å²) in [6.45, 7) is 5.09. The molecule has 0 aliphatic heterocycles. The zero-order valence-corrected chi connectivity index (χ0v) is 12.2. The van der Waals surface area contributed by atoms with Crippen LogP contribution in [0.2, 0.25) is 0 Å². The van der Waals surface area contributed by atoms with Crippen LogP contribution in [0.3, 0.4) is 0 Å².